The molecule has 1 nitrogen and oxygen atoms in total. The van der Waals surface area contributed by atoms with Crippen LogP contribution in [0.4, 0.5) is 5.69 Å². The SMILES string of the molecule is Cc1cc(-c2ccccc2)cc(N)c1C. The van der Waals surface area contributed by atoms with Crippen molar-refractivity contribution in [3.63, 3.8) is 0 Å². The third-order valence-electron chi connectivity index (χ3n) is 2.81. The van der Waals surface area contributed by atoms with Gasteiger partial charge < -0.3 is 5.73 Å². The average molecular weight is 197 g/mol. The van der Waals surface area contributed by atoms with Gasteiger partial charge in [-0.2, -0.15) is 0 Å². The molecule has 76 valence electrons. The minimum Gasteiger partial charge on any atom is -0.398 e. The fourth-order valence-corrected chi connectivity index (χ4v) is 1.68. The Labute approximate surface area is 90.6 Å². The first-order valence-electron chi connectivity index (χ1n) is 5.10. The highest BCUT2D eigenvalue weighted by Gasteiger charge is 2.02. The molecule has 0 bridgehead atoms. The van der Waals surface area contributed by atoms with Crippen molar-refractivity contribution in [1.29, 1.82) is 0 Å². The third kappa shape index (κ3) is 1.86. The zero-order valence-corrected chi connectivity index (χ0v) is 9.12. The van der Waals surface area contributed by atoms with Gasteiger partial charge in [-0.15, -0.1) is 0 Å². The zero-order valence-electron chi connectivity index (χ0n) is 9.12. The molecule has 0 fully saturated rings. The highest BCUT2D eigenvalue weighted by Crippen LogP contribution is 2.26. The normalized spacial score (nSPS) is 10.3. The molecule has 0 radical (unpaired) electrons. The highest BCUT2D eigenvalue weighted by atomic mass is 14.6. The molecule has 0 aliphatic rings. The van der Waals surface area contributed by atoms with Crippen molar-refractivity contribution in [3.05, 3.63) is 53.6 Å². The highest BCUT2D eigenvalue weighted by molar-refractivity contribution is 5.70. The molecule has 0 saturated carbocycles. The Balaban J connectivity index is 2.56. The van der Waals surface area contributed by atoms with Gasteiger partial charge in [0.2, 0.25) is 0 Å². The maximum absolute atomic E-state index is 5.96. The Hall–Kier alpha value is -1.76. The molecule has 0 unspecified atom stereocenters. The van der Waals surface area contributed by atoms with Crippen LogP contribution in [0.1, 0.15) is 11.1 Å². The van der Waals surface area contributed by atoms with Crippen molar-refractivity contribution in [2.45, 2.75) is 13.8 Å². The van der Waals surface area contributed by atoms with Gasteiger partial charge in [-0.25, -0.2) is 0 Å². The van der Waals surface area contributed by atoms with Gasteiger partial charge in [0.1, 0.15) is 0 Å². The first-order valence-corrected chi connectivity index (χ1v) is 5.10. The lowest BCUT2D eigenvalue weighted by atomic mass is 9.99. The number of nitrogens with two attached hydrogens (primary N) is 1. The van der Waals surface area contributed by atoms with E-state index >= 15 is 0 Å². The summed E-state index contributed by atoms with van der Waals surface area (Å²) in [6, 6.07) is 14.5. The van der Waals surface area contributed by atoms with E-state index in [-0.39, 0.29) is 0 Å². The first kappa shape index (κ1) is 9.78. The quantitative estimate of drug-likeness (QED) is 0.695. The molecule has 0 amide bonds. The Kier molecular flexibility index (Phi) is 2.46. The number of hydrogen-bond acceptors (Lipinski definition) is 1. The van der Waals surface area contributed by atoms with Gasteiger partial charge in [-0.1, -0.05) is 36.4 Å². The zero-order chi connectivity index (χ0) is 10.8. The fraction of sp³-hybridized carbons (Fsp3) is 0.143. The standard InChI is InChI=1S/C14H15N/c1-10-8-13(9-14(15)11(10)2)12-6-4-3-5-7-12/h3-9H,15H2,1-2H3. The van der Waals surface area contributed by atoms with Gasteiger partial charge in [-0.3, -0.25) is 0 Å². The fourth-order valence-electron chi connectivity index (χ4n) is 1.68. The molecule has 0 aliphatic heterocycles. The van der Waals surface area contributed by atoms with E-state index < -0.39 is 0 Å². The molecule has 2 N–H and O–H groups in total. The summed E-state index contributed by atoms with van der Waals surface area (Å²) in [5.74, 6) is 0. The van der Waals surface area contributed by atoms with Gasteiger partial charge in [-0.05, 0) is 42.2 Å². The molecule has 0 saturated heterocycles. The maximum Gasteiger partial charge on any atom is 0.0352 e. The Morgan fingerprint density at radius 3 is 2.13 bits per heavy atom. The predicted molar refractivity (Wildman–Crippen MR) is 65.8 cm³/mol. The second kappa shape index (κ2) is 3.77. The van der Waals surface area contributed by atoms with E-state index in [0.717, 1.165) is 5.69 Å². The molecule has 0 atom stereocenters. The second-order valence-corrected chi connectivity index (χ2v) is 3.87. The number of rotatable bonds is 1. The van der Waals surface area contributed by atoms with Crippen LogP contribution in [0.25, 0.3) is 11.1 Å². The monoisotopic (exact) mass is 197 g/mol. The van der Waals surface area contributed by atoms with Gasteiger partial charge >= 0.3 is 0 Å². The summed E-state index contributed by atoms with van der Waals surface area (Å²) < 4.78 is 0. The van der Waals surface area contributed by atoms with Crippen molar-refractivity contribution < 1.29 is 0 Å². The van der Waals surface area contributed by atoms with Crippen LogP contribution >= 0.6 is 0 Å². The topological polar surface area (TPSA) is 26.0 Å². The van der Waals surface area contributed by atoms with Crippen molar-refractivity contribution in [2.75, 3.05) is 5.73 Å². The molecular formula is C14H15N. The van der Waals surface area contributed by atoms with Crippen LogP contribution in [-0.4, -0.2) is 0 Å². The van der Waals surface area contributed by atoms with Gasteiger partial charge in [0.05, 0.1) is 0 Å². The molecule has 15 heavy (non-hydrogen) atoms. The Morgan fingerprint density at radius 2 is 1.53 bits per heavy atom. The largest absolute Gasteiger partial charge is 0.398 e. The third-order valence-corrected chi connectivity index (χ3v) is 2.81. The molecule has 0 aliphatic carbocycles. The maximum atomic E-state index is 5.96. The number of benzene rings is 2. The van der Waals surface area contributed by atoms with Crippen LogP contribution in [0.5, 0.6) is 0 Å². The van der Waals surface area contributed by atoms with E-state index in [4.69, 9.17) is 5.73 Å². The number of hydrogen-bond donors (Lipinski definition) is 1. The number of anilines is 1. The number of nitrogen functional groups attached to an aromatic ring is 1. The van der Waals surface area contributed by atoms with Crippen LogP contribution in [0.3, 0.4) is 0 Å². The first-order chi connectivity index (χ1) is 7.18. The Bertz CT molecular complexity index is 449. The summed E-state index contributed by atoms with van der Waals surface area (Å²) in [7, 11) is 0. The van der Waals surface area contributed by atoms with E-state index in [1.165, 1.54) is 22.3 Å². The molecular weight excluding hydrogens is 182 g/mol. The van der Waals surface area contributed by atoms with Crippen LogP contribution in [0.2, 0.25) is 0 Å². The van der Waals surface area contributed by atoms with Crippen LogP contribution in [-0.2, 0) is 0 Å². The van der Waals surface area contributed by atoms with Crippen molar-refractivity contribution >= 4 is 5.69 Å². The molecule has 0 aromatic heterocycles. The summed E-state index contributed by atoms with van der Waals surface area (Å²) in [6.45, 7) is 4.15. The average Bonchev–Trinajstić information content (AvgIpc) is 2.26. The molecule has 0 spiro atoms. The summed E-state index contributed by atoms with van der Waals surface area (Å²) in [5.41, 5.74) is 11.7. The van der Waals surface area contributed by atoms with Crippen molar-refractivity contribution in [1.82, 2.24) is 0 Å². The van der Waals surface area contributed by atoms with Crippen LogP contribution in [0.15, 0.2) is 42.5 Å². The summed E-state index contributed by atoms with van der Waals surface area (Å²) >= 11 is 0. The smallest absolute Gasteiger partial charge is 0.0352 e. The van der Waals surface area contributed by atoms with Crippen molar-refractivity contribution in [3.8, 4) is 11.1 Å². The van der Waals surface area contributed by atoms with Crippen molar-refractivity contribution in [2.24, 2.45) is 0 Å². The van der Waals surface area contributed by atoms with Crippen LogP contribution in [0, 0.1) is 13.8 Å². The summed E-state index contributed by atoms with van der Waals surface area (Å²) in [4.78, 5) is 0. The lowest BCUT2D eigenvalue weighted by Crippen LogP contribution is -1.93. The van der Waals surface area contributed by atoms with E-state index in [9.17, 15) is 0 Å². The minimum absolute atomic E-state index is 0.869. The van der Waals surface area contributed by atoms with Crippen LogP contribution < -0.4 is 5.73 Å². The molecule has 1 heteroatoms. The molecule has 0 heterocycles. The van der Waals surface area contributed by atoms with Gasteiger partial charge in [0.15, 0.2) is 0 Å². The minimum atomic E-state index is 0.869. The molecule has 2 aromatic carbocycles. The second-order valence-electron chi connectivity index (χ2n) is 3.87. The van der Waals surface area contributed by atoms with E-state index in [0.29, 0.717) is 0 Å². The van der Waals surface area contributed by atoms with Gasteiger partial charge in [0.25, 0.3) is 0 Å². The van der Waals surface area contributed by atoms with E-state index in [1.54, 1.807) is 0 Å². The van der Waals surface area contributed by atoms with E-state index in [2.05, 4.69) is 32.0 Å². The van der Waals surface area contributed by atoms with Gasteiger partial charge in [0, 0.05) is 5.69 Å². The number of aryl methyl sites for hydroxylation is 1. The summed E-state index contributed by atoms with van der Waals surface area (Å²) in [5, 5.41) is 0. The van der Waals surface area contributed by atoms with E-state index in [1.807, 2.05) is 24.3 Å². The summed E-state index contributed by atoms with van der Waals surface area (Å²) in [6.07, 6.45) is 0. The molecule has 2 aromatic rings. The lowest BCUT2D eigenvalue weighted by molar-refractivity contribution is 1.34. The predicted octanol–water partition coefficient (Wildman–Crippen LogP) is 3.55. The Morgan fingerprint density at radius 1 is 0.867 bits per heavy atom. The molecule has 2 rings (SSSR count). The lowest BCUT2D eigenvalue weighted by Gasteiger charge is -2.08.